The molecule has 1 aromatic rings. The van der Waals surface area contributed by atoms with E-state index in [4.69, 9.17) is 17.3 Å². The predicted octanol–water partition coefficient (Wildman–Crippen LogP) is 3.04. The van der Waals surface area contributed by atoms with E-state index in [9.17, 15) is 0 Å². The fourth-order valence-corrected chi connectivity index (χ4v) is 1.42. The second kappa shape index (κ2) is 4.64. The number of nitrogens with two attached hydrogens (primary N) is 1. The molecule has 0 aliphatic heterocycles. The number of rotatable bonds is 3. The van der Waals surface area contributed by atoms with Gasteiger partial charge in [-0.25, -0.2) is 0 Å². The first kappa shape index (κ1) is 10.6. The molecule has 1 aromatic carbocycles. The summed E-state index contributed by atoms with van der Waals surface area (Å²) in [4.78, 5) is 0. The van der Waals surface area contributed by atoms with Crippen molar-refractivity contribution in [3.05, 3.63) is 34.9 Å². The monoisotopic (exact) mass is 197 g/mol. The van der Waals surface area contributed by atoms with Gasteiger partial charge in [0.05, 0.1) is 0 Å². The number of hydrogen-bond donors (Lipinski definition) is 1. The highest BCUT2D eigenvalue weighted by Gasteiger charge is 2.11. The molecule has 1 nitrogen and oxygen atoms in total. The molecule has 0 fully saturated rings. The average Bonchev–Trinajstić information content (AvgIpc) is 2.17. The Labute approximate surface area is 84.9 Å². The van der Waals surface area contributed by atoms with Gasteiger partial charge in [0.2, 0.25) is 0 Å². The first-order valence-electron chi connectivity index (χ1n) is 4.60. The Balaban J connectivity index is 2.77. The lowest BCUT2D eigenvalue weighted by Gasteiger charge is -2.18. The molecule has 0 spiro atoms. The third-order valence-electron chi connectivity index (χ3n) is 2.62. The van der Waals surface area contributed by atoms with Crippen LogP contribution in [0.5, 0.6) is 0 Å². The van der Waals surface area contributed by atoms with Crippen LogP contribution in [-0.2, 0) is 0 Å². The molecule has 2 heteroatoms. The molecule has 0 aromatic heterocycles. The first-order valence-corrected chi connectivity index (χ1v) is 4.98. The summed E-state index contributed by atoms with van der Waals surface area (Å²) in [7, 11) is 0. The van der Waals surface area contributed by atoms with Crippen molar-refractivity contribution in [2.75, 3.05) is 6.54 Å². The summed E-state index contributed by atoms with van der Waals surface area (Å²) < 4.78 is 0. The Morgan fingerprint density at radius 3 is 2.23 bits per heavy atom. The molecule has 0 aliphatic carbocycles. The molecular weight excluding hydrogens is 182 g/mol. The van der Waals surface area contributed by atoms with E-state index in [0.717, 1.165) is 11.6 Å². The maximum absolute atomic E-state index is 5.81. The van der Waals surface area contributed by atoms with Crippen molar-refractivity contribution in [1.29, 1.82) is 0 Å². The smallest absolute Gasteiger partial charge is 0.0406 e. The normalized spacial score (nSPS) is 15.4. The summed E-state index contributed by atoms with van der Waals surface area (Å²) in [6, 6.07) is 7.99. The zero-order chi connectivity index (χ0) is 9.84. The average molecular weight is 198 g/mol. The van der Waals surface area contributed by atoms with E-state index in [1.54, 1.807) is 0 Å². The van der Waals surface area contributed by atoms with Crippen LogP contribution < -0.4 is 5.73 Å². The first-order chi connectivity index (χ1) is 6.15. The molecule has 0 saturated carbocycles. The summed E-state index contributed by atoms with van der Waals surface area (Å²) in [6.45, 7) is 5.09. The third kappa shape index (κ3) is 2.71. The Morgan fingerprint density at radius 2 is 1.77 bits per heavy atom. The second-order valence-corrected chi connectivity index (χ2v) is 3.99. The number of halogens is 1. The van der Waals surface area contributed by atoms with E-state index in [1.807, 2.05) is 12.1 Å². The van der Waals surface area contributed by atoms with Gasteiger partial charge in [-0.3, -0.25) is 0 Å². The van der Waals surface area contributed by atoms with Gasteiger partial charge in [0, 0.05) is 5.02 Å². The zero-order valence-corrected chi connectivity index (χ0v) is 8.88. The molecular formula is C11H16ClN. The second-order valence-electron chi connectivity index (χ2n) is 3.55. The lowest BCUT2D eigenvalue weighted by molar-refractivity contribution is 0.499. The van der Waals surface area contributed by atoms with Gasteiger partial charge in [-0.15, -0.1) is 0 Å². The van der Waals surface area contributed by atoms with Crippen LogP contribution in [0.2, 0.25) is 5.02 Å². The highest BCUT2D eigenvalue weighted by molar-refractivity contribution is 6.30. The third-order valence-corrected chi connectivity index (χ3v) is 2.87. The lowest BCUT2D eigenvalue weighted by atomic mass is 9.89. The molecule has 2 atom stereocenters. The highest BCUT2D eigenvalue weighted by atomic mass is 35.5. The molecule has 0 radical (unpaired) electrons. The van der Waals surface area contributed by atoms with Gasteiger partial charge in [0.15, 0.2) is 0 Å². The van der Waals surface area contributed by atoms with Gasteiger partial charge in [-0.05, 0) is 36.1 Å². The SMILES string of the molecule is C[C@H](c1ccc(Cl)cc1)[C@@H](C)CN. The van der Waals surface area contributed by atoms with Crippen molar-refractivity contribution in [2.24, 2.45) is 11.7 Å². The molecule has 13 heavy (non-hydrogen) atoms. The van der Waals surface area contributed by atoms with E-state index in [1.165, 1.54) is 5.56 Å². The van der Waals surface area contributed by atoms with Gasteiger partial charge in [-0.1, -0.05) is 37.6 Å². The Hall–Kier alpha value is -0.530. The van der Waals surface area contributed by atoms with Gasteiger partial charge in [0.1, 0.15) is 0 Å². The zero-order valence-electron chi connectivity index (χ0n) is 8.13. The minimum atomic E-state index is 0.502. The predicted molar refractivity (Wildman–Crippen MR) is 58.1 cm³/mol. The maximum atomic E-state index is 5.81. The van der Waals surface area contributed by atoms with E-state index >= 15 is 0 Å². The minimum absolute atomic E-state index is 0.502. The standard InChI is InChI=1S/C11H16ClN/c1-8(7-13)9(2)10-3-5-11(12)6-4-10/h3-6,8-9H,7,13H2,1-2H3/t8-,9-/m0/s1. The van der Waals surface area contributed by atoms with E-state index in [-0.39, 0.29) is 0 Å². The van der Waals surface area contributed by atoms with Gasteiger partial charge >= 0.3 is 0 Å². The molecule has 2 N–H and O–H groups in total. The van der Waals surface area contributed by atoms with E-state index in [0.29, 0.717) is 11.8 Å². The van der Waals surface area contributed by atoms with Crippen LogP contribution in [0.15, 0.2) is 24.3 Å². The molecule has 72 valence electrons. The van der Waals surface area contributed by atoms with Crippen molar-refractivity contribution in [3.8, 4) is 0 Å². The van der Waals surface area contributed by atoms with Crippen molar-refractivity contribution in [2.45, 2.75) is 19.8 Å². The van der Waals surface area contributed by atoms with E-state index < -0.39 is 0 Å². The molecule has 0 aliphatic rings. The topological polar surface area (TPSA) is 26.0 Å². The van der Waals surface area contributed by atoms with E-state index in [2.05, 4.69) is 26.0 Å². The highest BCUT2D eigenvalue weighted by Crippen LogP contribution is 2.24. The van der Waals surface area contributed by atoms with Crippen molar-refractivity contribution in [3.63, 3.8) is 0 Å². The molecule has 1 rings (SSSR count). The van der Waals surface area contributed by atoms with Crippen LogP contribution in [0.1, 0.15) is 25.3 Å². The molecule has 0 bridgehead atoms. The summed E-state index contributed by atoms with van der Waals surface area (Å²) in [5.74, 6) is 1.02. The van der Waals surface area contributed by atoms with Crippen molar-refractivity contribution < 1.29 is 0 Å². The van der Waals surface area contributed by atoms with Crippen LogP contribution in [0, 0.1) is 5.92 Å². The molecule has 0 unspecified atom stereocenters. The van der Waals surface area contributed by atoms with Gasteiger partial charge in [0.25, 0.3) is 0 Å². The Kier molecular flexibility index (Phi) is 3.76. The minimum Gasteiger partial charge on any atom is -0.330 e. The molecule has 0 amide bonds. The summed E-state index contributed by atoms with van der Waals surface area (Å²) in [5, 5.41) is 0.788. The van der Waals surface area contributed by atoms with Crippen LogP contribution in [0.4, 0.5) is 0 Å². The van der Waals surface area contributed by atoms with Crippen LogP contribution in [-0.4, -0.2) is 6.54 Å². The molecule has 0 saturated heterocycles. The fraction of sp³-hybridized carbons (Fsp3) is 0.455. The van der Waals surface area contributed by atoms with Crippen LogP contribution in [0.25, 0.3) is 0 Å². The maximum Gasteiger partial charge on any atom is 0.0406 e. The van der Waals surface area contributed by atoms with Crippen molar-refractivity contribution in [1.82, 2.24) is 0 Å². The van der Waals surface area contributed by atoms with Crippen LogP contribution >= 0.6 is 11.6 Å². The molecule has 0 heterocycles. The largest absolute Gasteiger partial charge is 0.330 e. The number of hydrogen-bond acceptors (Lipinski definition) is 1. The van der Waals surface area contributed by atoms with Gasteiger partial charge in [-0.2, -0.15) is 0 Å². The van der Waals surface area contributed by atoms with Crippen LogP contribution in [0.3, 0.4) is 0 Å². The summed E-state index contributed by atoms with van der Waals surface area (Å²) in [6.07, 6.45) is 0. The Morgan fingerprint density at radius 1 is 1.23 bits per heavy atom. The lowest BCUT2D eigenvalue weighted by Crippen LogP contribution is -2.16. The summed E-state index contributed by atoms with van der Waals surface area (Å²) >= 11 is 5.81. The van der Waals surface area contributed by atoms with Gasteiger partial charge < -0.3 is 5.73 Å². The Bertz CT molecular complexity index is 255. The summed E-state index contributed by atoms with van der Waals surface area (Å²) in [5.41, 5.74) is 6.92. The van der Waals surface area contributed by atoms with Crippen molar-refractivity contribution >= 4 is 11.6 Å². The quantitative estimate of drug-likeness (QED) is 0.792. The fourth-order valence-electron chi connectivity index (χ4n) is 1.30. The number of benzene rings is 1.